The molecule has 0 bridgehead atoms. The molecule has 2 rings (SSSR count). The van der Waals surface area contributed by atoms with Gasteiger partial charge in [0.2, 0.25) is 0 Å². The van der Waals surface area contributed by atoms with Gasteiger partial charge in [0.25, 0.3) is 0 Å². The van der Waals surface area contributed by atoms with Gasteiger partial charge in [-0.05, 0) is 23.8 Å². The van der Waals surface area contributed by atoms with Crippen molar-refractivity contribution < 1.29 is 4.39 Å². The van der Waals surface area contributed by atoms with E-state index in [9.17, 15) is 4.39 Å². The summed E-state index contributed by atoms with van der Waals surface area (Å²) in [6.45, 7) is 0.492. The van der Waals surface area contributed by atoms with Gasteiger partial charge < -0.3 is 0 Å². The van der Waals surface area contributed by atoms with Gasteiger partial charge >= 0.3 is 0 Å². The van der Waals surface area contributed by atoms with Crippen LogP contribution in [0, 0.1) is 5.82 Å². The molecule has 0 fully saturated rings. The summed E-state index contributed by atoms with van der Waals surface area (Å²) in [6, 6.07) is 4.75. The number of hydrogen-bond donors (Lipinski definition) is 0. The normalized spacial score (nSPS) is 10.8. The van der Waals surface area contributed by atoms with Crippen LogP contribution in [0.25, 0.3) is 0 Å². The molecular formula is C11H10BrClFN3. The number of hydrogen-bond acceptors (Lipinski definition) is 2. The summed E-state index contributed by atoms with van der Waals surface area (Å²) in [6.07, 6.45) is 2.51. The zero-order chi connectivity index (χ0) is 12.3. The van der Waals surface area contributed by atoms with E-state index in [1.165, 1.54) is 12.1 Å². The van der Waals surface area contributed by atoms with Crippen molar-refractivity contribution in [2.45, 2.75) is 13.0 Å². The fourth-order valence-electron chi connectivity index (χ4n) is 1.52. The minimum atomic E-state index is -0.268. The molecule has 0 aliphatic carbocycles. The molecule has 2 aromatic rings. The summed E-state index contributed by atoms with van der Waals surface area (Å²) >= 11 is 8.87. The maximum absolute atomic E-state index is 13.2. The molecule has 0 unspecified atom stereocenters. The van der Waals surface area contributed by atoms with Gasteiger partial charge in [0.1, 0.15) is 5.82 Å². The number of rotatable bonds is 4. The Morgan fingerprint density at radius 1 is 1.35 bits per heavy atom. The van der Waals surface area contributed by atoms with Gasteiger partial charge in [0.15, 0.2) is 0 Å². The van der Waals surface area contributed by atoms with Crippen LogP contribution in [0.4, 0.5) is 4.39 Å². The van der Waals surface area contributed by atoms with E-state index in [-0.39, 0.29) is 5.82 Å². The van der Waals surface area contributed by atoms with Crippen molar-refractivity contribution in [3.05, 3.63) is 45.9 Å². The highest BCUT2D eigenvalue weighted by atomic mass is 79.9. The Labute approximate surface area is 112 Å². The molecule has 0 aliphatic heterocycles. The van der Waals surface area contributed by atoms with E-state index < -0.39 is 0 Å². The molecule has 6 heteroatoms. The van der Waals surface area contributed by atoms with Crippen LogP contribution in [0.5, 0.6) is 0 Å². The van der Waals surface area contributed by atoms with Gasteiger partial charge in [0.05, 0.1) is 12.2 Å². The Balaban J connectivity index is 2.13. The molecular weight excluding hydrogens is 308 g/mol. The quantitative estimate of drug-likeness (QED) is 0.811. The Hall–Kier alpha value is -0.940. The standard InChI is InChI=1S/C11H10BrClFN3/c12-9-3-8(4-10(14)5-9)6-17-7-11(1-2-13)15-16-17/h3-5,7H,1-2,6H2. The minimum Gasteiger partial charge on any atom is -0.248 e. The SMILES string of the molecule is Fc1cc(Br)cc(Cn2cc(CCCl)nn2)c1. The van der Waals surface area contributed by atoms with Crippen LogP contribution in [0.1, 0.15) is 11.3 Å². The number of aryl methyl sites for hydroxylation is 1. The second-order valence-corrected chi connectivity index (χ2v) is 4.92. The van der Waals surface area contributed by atoms with Gasteiger partial charge in [0, 0.05) is 23.0 Å². The van der Waals surface area contributed by atoms with Gasteiger partial charge in [-0.1, -0.05) is 21.1 Å². The molecule has 1 heterocycles. The van der Waals surface area contributed by atoms with Crippen LogP contribution in [-0.2, 0) is 13.0 Å². The topological polar surface area (TPSA) is 30.7 Å². The highest BCUT2D eigenvalue weighted by Gasteiger charge is 2.03. The lowest BCUT2D eigenvalue weighted by Crippen LogP contribution is -2.01. The van der Waals surface area contributed by atoms with Gasteiger partial charge in [-0.2, -0.15) is 0 Å². The molecule has 0 radical (unpaired) electrons. The molecule has 0 N–H and O–H groups in total. The van der Waals surface area contributed by atoms with Crippen molar-refractivity contribution in [3.63, 3.8) is 0 Å². The van der Waals surface area contributed by atoms with Crippen molar-refractivity contribution in [1.29, 1.82) is 0 Å². The molecule has 3 nitrogen and oxygen atoms in total. The second-order valence-electron chi connectivity index (χ2n) is 3.62. The Kier molecular flexibility index (Phi) is 4.12. The monoisotopic (exact) mass is 317 g/mol. The summed E-state index contributed by atoms with van der Waals surface area (Å²) in [4.78, 5) is 0. The largest absolute Gasteiger partial charge is 0.248 e. The van der Waals surface area contributed by atoms with Crippen molar-refractivity contribution >= 4 is 27.5 Å². The molecule has 17 heavy (non-hydrogen) atoms. The predicted octanol–water partition coefficient (Wildman–Crippen LogP) is 3.01. The number of halogens is 3. The lowest BCUT2D eigenvalue weighted by molar-refractivity contribution is 0.613. The number of nitrogens with zero attached hydrogens (tertiary/aromatic N) is 3. The zero-order valence-corrected chi connectivity index (χ0v) is 11.2. The molecule has 0 aliphatic rings. The molecule has 0 saturated heterocycles. The third-order valence-corrected chi connectivity index (χ3v) is 2.85. The second kappa shape index (κ2) is 5.60. The first-order valence-electron chi connectivity index (χ1n) is 5.07. The molecule has 1 aromatic carbocycles. The molecule has 0 saturated carbocycles. The lowest BCUT2D eigenvalue weighted by Gasteiger charge is -2.02. The lowest BCUT2D eigenvalue weighted by atomic mass is 10.2. The number of benzene rings is 1. The van der Waals surface area contributed by atoms with Crippen LogP contribution in [0.3, 0.4) is 0 Å². The third-order valence-electron chi connectivity index (χ3n) is 2.20. The summed E-state index contributed by atoms with van der Waals surface area (Å²) < 4.78 is 15.5. The smallest absolute Gasteiger partial charge is 0.124 e. The third kappa shape index (κ3) is 3.51. The summed E-state index contributed by atoms with van der Waals surface area (Å²) in [5.74, 6) is 0.250. The van der Waals surface area contributed by atoms with Crippen molar-refractivity contribution in [3.8, 4) is 0 Å². The molecule has 0 amide bonds. The highest BCUT2D eigenvalue weighted by Crippen LogP contribution is 2.15. The Bertz CT molecular complexity index is 495. The van der Waals surface area contributed by atoms with Crippen molar-refractivity contribution in [2.75, 3.05) is 5.88 Å². The first-order valence-corrected chi connectivity index (χ1v) is 6.40. The van der Waals surface area contributed by atoms with E-state index in [4.69, 9.17) is 11.6 Å². The minimum absolute atomic E-state index is 0.268. The summed E-state index contributed by atoms with van der Waals surface area (Å²) in [5.41, 5.74) is 1.68. The van der Waals surface area contributed by atoms with E-state index in [1.54, 1.807) is 4.68 Å². The van der Waals surface area contributed by atoms with Gasteiger partial charge in [-0.3, -0.25) is 0 Å². The Morgan fingerprint density at radius 2 is 2.18 bits per heavy atom. The fourth-order valence-corrected chi connectivity index (χ4v) is 2.22. The van der Waals surface area contributed by atoms with Crippen molar-refractivity contribution in [1.82, 2.24) is 15.0 Å². The summed E-state index contributed by atoms with van der Waals surface area (Å²) in [7, 11) is 0. The maximum atomic E-state index is 13.2. The first kappa shape index (κ1) is 12.5. The molecule has 0 spiro atoms. The molecule has 1 aromatic heterocycles. The van der Waals surface area contributed by atoms with E-state index in [0.717, 1.165) is 11.3 Å². The average molecular weight is 319 g/mol. The predicted molar refractivity (Wildman–Crippen MR) is 67.6 cm³/mol. The number of aromatic nitrogens is 3. The van der Waals surface area contributed by atoms with Gasteiger partial charge in [-0.15, -0.1) is 16.7 Å². The van der Waals surface area contributed by atoms with E-state index >= 15 is 0 Å². The van der Waals surface area contributed by atoms with Crippen LogP contribution in [0.2, 0.25) is 0 Å². The van der Waals surface area contributed by atoms with Crippen molar-refractivity contribution in [2.24, 2.45) is 0 Å². The fraction of sp³-hybridized carbons (Fsp3) is 0.273. The molecule has 0 atom stereocenters. The highest BCUT2D eigenvalue weighted by molar-refractivity contribution is 9.10. The maximum Gasteiger partial charge on any atom is 0.124 e. The van der Waals surface area contributed by atoms with E-state index in [2.05, 4.69) is 26.2 Å². The Morgan fingerprint density at radius 3 is 2.88 bits per heavy atom. The first-order chi connectivity index (χ1) is 8.17. The summed E-state index contributed by atoms with van der Waals surface area (Å²) in [5, 5.41) is 7.93. The van der Waals surface area contributed by atoms with Gasteiger partial charge in [-0.25, -0.2) is 9.07 Å². The van der Waals surface area contributed by atoms with E-state index in [1.807, 2.05) is 12.3 Å². The van der Waals surface area contributed by atoms with Crippen LogP contribution in [-0.4, -0.2) is 20.9 Å². The molecule has 90 valence electrons. The zero-order valence-electron chi connectivity index (χ0n) is 8.91. The van der Waals surface area contributed by atoms with Crippen LogP contribution < -0.4 is 0 Å². The van der Waals surface area contributed by atoms with Crippen LogP contribution >= 0.6 is 27.5 Å². The van der Waals surface area contributed by atoms with Crippen LogP contribution in [0.15, 0.2) is 28.9 Å². The number of alkyl halides is 1. The average Bonchev–Trinajstić information content (AvgIpc) is 2.64. The van der Waals surface area contributed by atoms with E-state index in [0.29, 0.717) is 23.3 Å².